The fourth-order valence-corrected chi connectivity index (χ4v) is 7.27. The van der Waals surface area contributed by atoms with Crippen molar-refractivity contribution in [3.63, 3.8) is 0 Å². The fourth-order valence-electron chi connectivity index (χ4n) is 7.27. The molecule has 0 spiro atoms. The third kappa shape index (κ3) is 11.9. The van der Waals surface area contributed by atoms with Crippen molar-refractivity contribution in [3.05, 3.63) is 81.3 Å². The van der Waals surface area contributed by atoms with Gasteiger partial charge < -0.3 is 12.8 Å². The molecule has 0 aliphatic carbocycles. The SMILES string of the molecule is C/C1=[N+](\C)C/[N+](c2c(C)c(C)c(C)c(C)c2C)=C(/C)[CH-]C(C)CC(C)[CH-]1.C[CH-]/C(C)=[N+](/C)C/[N+](=C(/C)[CH-]C)c1c(C)c(C)c(C)c(C)c1C.[Y].[Y]. The minimum Gasteiger partial charge on any atom is -0.305 e. The Morgan fingerprint density at radius 2 is 1.00 bits per heavy atom. The maximum Gasteiger partial charge on any atom is 0.334 e. The number of nitrogens with zero attached hydrogens (tertiary/aromatic N) is 4. The molecule has 3 rings (SSSR count). The minimum atomic E-state index is 0. The molecule has 1 heterocycles. The van der Waals surface area contributed by atoms with E-state index in [4.69, 9.17) is 0 Å². The maximum absolute atomic E-state index is 2.52. The van der Waals surface area contributed by atoms with Gasteiger partial charge in [0.1, 0.15) is 14.1 Å². The van der Waals surface area contributed by atoms with E-state index in [1.165, 1.54) is 96.3 Å². The van der Waals surface area contributed by atoms with E-state index in [0.717, 1.165) is 13.3 Å². The molecule has 0 saturated heterocycles. The van der Waals surface area contributed by atoms with E-state index in [1.54, 1.807) is 0 Å². The van der Waals surface area contributed by atoms with Crippen molar-refractivity contribution in [2.75, 3.05) is 27.4 Å². The van der Waals surface area contributed by atoms with Gasteiger partial charge in [0.05, 0.1) is 0 Å². The summed E-state index contributed by atoms with van der Waals surface area (Å²) in [4.78, 5) is 0. The zero-order valence-corrected chi connectivity index (χ0v) is 42.2. The molecule has 2 atom stereocenters. The van der Waals surface area contributed by atoms with E-state index >= 15 is 0 Å². The van der Waals surface area contributed by atoms with Crippen molar-refractivity contribution < 1.29 is 83.7 Å². The van der Waals surface area contributed by atoms with Gasteiger partial charge in [-0.2, -0.15) is 34.8 Å². The molecule has 0 saturated carbocycles. The van der Waals surface area contributed by atoms with Crippen LogP contribution in [0.5, 0.6) is 0 Å². The van der Waals surface area contributed by atoms with Crippen LogP contribution < -0.4 is 0 Å². The molecule has 0 fully saturated rings. The second kappa shape index (κ2) is 21.6. The maximum atomic E-state index is 2.52. The Hall–Kier alpha value is -1.19. The molecular weight excluding hydrogens is 774 g/mol. The molecule has 0 aromatic heterocycles. The van der Waals surface area contributed by atoms with Crippen molar-refractivity contribution in [2.24, 2.45) is 11.8 Å². The number of hydrogen-bond acceptors (Lipinski definition) is 0. The Balaban J connectivity index is 0.000000951. The van der Waals surface area contributed by atoms with Crippen molar-refractivity contribution >= 4 is 34.2 Å². The summed E-state index contributed by atoms with van der Waals surface area (Å²) in [6, 6.07) is 0. The minimum absolute atomic E-state index is 0. The van der Waals surface area contributed by atoms with Crippen molar-refractivity contribution in [3.8, 4) is 0 Å². The van der Waals surface area contributed by atoms with Gasteiger partial charge in [0, 0.05) is 111 Å². The summed E-state index contributed by atoms with van der Waals surface area (Å²) in [6.07, 6.45) is 10.4. The first-order chi connectivity index (χ1) is 22.7. The summed E-state index contributed by atoms with van der Waals surface area (Å²) in [6.45, 7) is 42.1. The number of hydrogen-bond donors (Lipinski definition) is 0. The predicted molar refractivity (Wildman–Crippen MR) is 216 cm³/mol. The molecule has 51 heavy (non-hydrogen) atoms. The molecule has 2 aromatic carbocycles. The van der Waals surface area contributed by atoms with Crippen LogP contribution in [0, 0.1) is 107 Å². The third-order valence-electron chi connectivity index (χ3n) is 11.9. The first kappa shape index (κ1) is 49.8. The smallest absolute Gasteiger partial charge is 0.305 e. The van der Waals surface area contributed by atoms with Crippen LogP contribution in [0.15, 0.2) is 0 Å². The molecule has 2 aromatic rings. The molecule has 2 radical (unpaired) electrons. The molecule has 278 valence electrons. The van der Waals surface area contributed by atoms with Crippen LogP contribution in [0.3, 0.4) is 0 Å². The summed E-state index contributed by atoms with van der Waals surface area (Å²) < 4.78 is 9.65. The first-order valence-electron chi connectivity index (χ1n) is 18.4. The Labute approximate surface area is 366 Å². The summed E-state index contributed by atoms with van der Waals surface area (Å²) >= 11 is 0. The second-order valence-corrected chi connectivity index (χ2v) is 15.1. The number of benzene rings is 2. The van der Waals surface area contributed by atoms with Gasteiger partial charge in [-0.3, -0.25) is 12.8 Å². The second-order valence-electron chi connectivity index (χ2n) is 15.1. The molecule has 6 heteroatoms. The van der Waals surface area contributed by atoms with E-state index in [1.807, 2.05) is 0 Å². The monoisotopic (exact) mass is 846 g/mol. The zero-order chi connectivity index (χ0) is 37.7. The predicted octanol–water partition coefficient (Wildman–Crippen LogP) is 10.3. The van der Waals surface area contributed by atoms with Crippen LogP contribution in [-0.2, 0) is 65.4 Å². The topological polar surface area (TPSA) is 12.0 Å². The summed E-state index contributed by atoms with van der Waals surface area (Å²) in [5, 5.41) is 0. The zero-order valence-electron chi connectivity index (χ0n) is 36.5. The van der Waals surface area contributed by atoms with E-state index < -0.39 is 0 Å². The molecule has 0 bridgehead atoms. The largest absolute Gasteiger partial charge is 0.334 e. The molecule has 1 aliphatic rings. The van der Waals surface area contributed by atoms with Crippen LogP contribution in [0.1, 0.15) is 117 Å². The van der Waals surface area contributed by atoms with Crippen LogP contribution in [0.25, 0.3) is 0 Å². The van der Waals surface area contributed by atoms with Crippen LogP contribution in [0.4, 0.5) is 11.4 Å². The average molecular weight is 847 g/mol. The van der Waals surface area contributed by atoms with Crippen molar-refractivity contribution in [2.45, 2.75) is 131 Å². The Morgan fingerprint density at radius 1 is 0.627 bits per heavy atom. The van der Waals surface area contributed by atoms with E-state index in [0.29, 0.717) is 11.8 Å². The molecule has 2 unspecified atom stereocenters. The normalized spacial score (nSPS) is 20.2. The quantitative estimate of drug-likeness (QED) is 0.119. The molecule has 1 aliphatic heterocycles. The molecule has 0 amide bonds. The van der Waals surface area contributed by atoms with Gasteiger partial charge in [0.15, 0.2) is 0 Å². The first-order valence-corrected chi connectivity index (χ1v) is 18.4. The van der Waals surface area contributed by atoms with Gasteiger partial charge in [0.2, 0.25) is 11.4 Å². The van der Waals surface area contributed by atoms with Crippen molar-refractivity contribution in [1.29, 1.82) is 0 Å². The van der Waals surface area contributed by atoms with Gasteiger partial charge >= 0.3 is 13.3 Å². The van der Waals surface area contributed by atoms with Crippen LogP contribution in [-0.4, -0.2) is 68.6 Å². The molecule has 4 nitrogen and oxygen atoms in total. The standard InChI is InChI=1S/C24H38N2.C21H34N2.2Y/c1-15-11-16(2)13-18(4)26(14-25(10)17(3)12-15)24-22(8)20(6)19(5)21(7)23(24)9;1-11-14(3)22(10)13-23(15(4)12-2)21-19(8)17(6)16(5)18(7)20(21)9;;/h12-13,15-16H,11,14H2,1-10H3;11-12H,13H2,1-10H3;;/b25-17-,26-18+;22-14-,23-15+;;. The van der Waals surface area contributed by atoms with Gasteiger partial charge in [-0.1, -0.05) is 20.3 Å². The Kier molecular flexibility index (Phi) is 21.1. The van der Waals surface area contributed by atoms with Crippen molar-refractivity contribution in [1.82, 2.24) is 0 Å². The fraction of sp³-hybridized carbons (Fsp3) is 0.556. The average Bonchev–Trinajstić information content (AvgIpc) is 3.05. The van der Waals surface area contributed by atoms with Gasteiger partial charge in [-0.25, -0.2) is 9.15 Å². The Morgan fingerprint density at radius 3 is 1.41 bits per heavy atom. The summed E-state index contributed by atoms with van der Waals surface area (Å²) in [5.74, 6) is 1.18. The Bertz CT molecular complexity index is 1630. The van der Waals surface area contributed by atoms with Gasteiger partial charge in [-0.15, -0.1) is 0 Å². The number of rotatable bonds is 6. The van der Waals surface area contributed by atoms with E-state index in [9.17, 15) is 0 Å². The van der Waals surface area contributed by atoms with Gasteiger partial charge in [-0.05, 0) is 130 Å². The van der Waals surface area contributed by atoms with E-state index in [-0.39, 0.29) is 65.4 Å². The van der Waals surface area contributed by atoms with E-state index in [2.05, 4.69) is 183 Å². The van der Waals surface area contributed by atoms with Crippen LogP contribution >= 0.6 is 0 Å². The summed E-state index contributed by atoms with van der Waals surface area (Å²) in [7, 11) is 4.37. The van der Waals surface area contributed by atoms with Crippen LogP contribution in [0.2, 0.25) is 0 Å². The van der Waals surface area contributed by atoms with Gasteiger partial charge in [0.25, 0.3) is 0 Å². The summed E-state index contributed by atoms with van der Waals surface area (Å²) in [5.41, 5.74) is 22.1. The third-order valence-corrected chi connectivity index (χ3v) is 11.9. The molecular formula is C45H72N4Y2. The molecule has 0 N–H and O–H groups in total.